The van der Waals surface area contributed by atoms with Crippen molar-refractivity contribution in [3.05, 3.63) is 0 Å². The number of cyclic esters (lactones) is 1. The third kappa shape index (κ3) is 4.03. The second kappa shape index (κ2) is 6.37. The predicted octanol–water partition coefficient (Wildman–Crippen LogP) is -0.0286. The molecule has 1 unspecified atom stereocenters. The van der Waals surface area contributed by atoms with Gasteiger partial charge in [0, 0.05) is 19.1 Å². The molecular formula is C8H17Cl2N3O2. The standard InChI is InChI=1S/C8H15N3O2.2ClH/c9-6-1-2-11(4-6)5-7-3-10-8(12)13-7;;/h6-7H,1-5,9H2,(H,10,12);2*1H/t6-,7?;;/m0../s1. The van der Waals surface area contributed by atoms with Crippen LogP contribution in [-0.2, 0) is 4.74 Å². The number of carbonyl (C=O) groups is 1. The number of carbonyl (C=O) groups excluding carboxylic acids is 1. The summed E-state index contributed by atoms with van der Waals surface area (Å²) >= 11 is 0. The van der Waals surface area contributed by atoms with Crippen LogP contribution in [0.15, 0.2) is 0 Å². The lowest BCUT2D eigenvalue weighted by Crippen LogP contribution is -2.34. The molecule has 2 aliphatic heterocycles. The first-order valence-electron chi connectivity index (χ1n) is 4.66. The third-order valence-corrected chi connectivity index (χ3v) is 2.52. The van der Waals surface area contributed by atoms with Crippen LogP contribution in [0.3, 0.4) is 0 Å². The summed E-state index contributed by atoms with van der Waals surface area (Å²) in [4.78, 5) is 13.0. The number of likely N-dealkylation sites (tertiary alicyclic amines) is 1. The van der Waals surface area contributed by atoms with Crippen molar-refractivity contribution in [2.45, 2.75) is 18.6 Å². The molecule has 2 rings (SSSR count). The molecule has 0 radical (unpaired) electrons. The Morgan fingerprint density at radius 1 is 1.53 bits per heavy atom. The van der Waals surface area contributed by atoms with Crippen LogP contribution in [0.4, 0.5) is 4.79 Å². The van der Waals surface area contributed by atoms with E-state index in [1.165, 1.54) is 0 Å². The monoisotopic (exact) mass is 257 g/mol. The van der Waals surface area contributed by atoms with Gasteiger partial charge in [-0.2, -0.15) is 0 Å². The van der Waals surface area contributed by atoms with Crippen molar-refractivity contribution >= 4 is 30.9 Å². The number of hydrogen-bond acceptors (Lipinski definition) is 4. The number of nitrogens with two attached hydrogens (primary N) is 1. The first-order chi connectivity index (χ1) is 6.24. The van der Waals surface area contributed by atoms with Crippen molar-refractivity contribution < 1.29 is 9.53 Å². The number of nitrogens with one attached hydrogen (secondary N) is 1. The molecule has 0 bridgehead atoms. The zero-order chi connectivity index (χ0) is 9.26. The molecule has 0 aromatic heterocycles. The van der Waals surface area contributed by atoms with E-state index >= 15 is 0 Å². The Bertz CT molecular complexity index is 218. The van der Waals surface area contributed by atoms with Gasteiger partial charge in [0.1, 0.15) is 6.10 Å². The highest BCUT2D eigenvalue weighted by Crippen LogP contribution is 2.10. The normalized spacial score (nSPS) is 30.1. The van der Waals surface area contributed by atoms with E-state index in [9.17, 15) is 4.79 Å². The van der Waals surface area contributed by atoms with Gasteiger partial charge in [0.25, 0.3) is 0 Å². The van der Waals surface area contributed by atoms with Crippen molar-refractivity contribution in [1.29, 1.82) is 0 Å². The fourth-order valence-electron chi connectivity index (χ4n) is 1.85. The minimum atomic E-state index is -0.298. The molecule has 2 heterocycles. The van der Waals surface area contributed by atoms with E-state index in [2.05, 4.69) is 10.2 Å². The van der Waals surface area contributed by atoms with Crippen molar-refractivity contribution in [3.63, 3.8) is 0 Å². The van der Waals surface area contributed by atoms with Crippen molar-refractivity contribution in [1.82, 2.24) is 10.2 Å². The average molecular weight is 258 g/mol. The van der Waals surface area contributed by atoms with Gasteiger partial charge in [-0.05, 0) is 13.0 Å². The van der Waals surface area contributed by atoms with Gasteiger partial charge in [-0.15, -0.1) is 24.8 Å². The van der Waals surface area contributed by atoms with E-state index in [1.54, 1.807) is 0 Å². The molecular weight excluding hydrogens is 241 g/mol. The first-order valence-corrected chi connectivity index (χ1v) is 4.66. The van der Waals surface area contributed by atoms with Gasteiger partial charge >= 0.3 is 6.09 Å². The summed E-state index contributed by atoms with van der Waals surface area (Å²) in [5.74, 6) is 0. The third-order valence-electron chi connectivity index (χ3n) is 2.52. The molecule has 15 heavy (non-hydrogen) atoms. The highest BCUT2D eigenvalue weighted by Gasteiger charge is 2.27. The van der Waals surface area contributed by atoms with Gasteiger partial charge in [-0.3, -0.25) is 4.90 Å². The minimum absolute atomic E-state index is 0. The molecule has 90 valence electrons. The predicted molar refractivity (Wildman–Crippen MR) is 61.8 cm³/mol. The Balaban J connectivity index is 0.000000980. The number of hydrogen-bond donors (Lipinski definition) is 2. The summed E-state index contributed by atoms with van der Waals surface area (Å²) in [5.41, 5.74) is 5.76. The van der Waals surface area contributed by atoms with E-state index in [1.807, 2.05) is 0 Å². The molecule has 2 fully saturated rings. The second-order valence-electron chi connectivity index (χ2n) is 3.72. The number of halogens is 2. The highest BCUT2D eigenvalue weighted by molar-refractivity contribution is 5.85. The maximum atomic E-state index is 10.7. The molecule has 7 heteroatoms. The highest BCUT2D eigenvalue weighted by atomic mass is 35.5. The Kier molecular flexibility index (Phi) is 6.28. The van der Waals surface area contributed by atoms with Crippen LogP contribution in [-0.4, -0.2) is 49.3 Å². The largest absolute Gasteiger partial charge is 0.443 e. The van der Waals surface area contributed by atoms with Gasteiger partial charge < -0.3 is 15.8 Å². The van der Waals surface area contributed by atoms with Crippen molar-refractivity contribution in [2.24, 2.45) is 5.73 Å². The number of nitrogens with zero attached hydrogens (tertiary/aromatic N) is 1. The lowest BCUT2D eigenvalue weighted by Gasteiger charge is -2.17. The summed E-state index contributed by atoms with van der Waals surface area (Å²) in [6.07, 6.45) is 0.764. The Hall–Kier alpha value is -0.230. The zero-order valence-electron chi connectivity index (χ0n) is 8.35. The second-order valence-corrected chi connectivity index (χ2v) is 3.72. The SMILES string of the molecule is Cl.Cl.N[C@H]1CCN(CC2CNC(=O)O2)C1. The molecule has 0 aromatic rings. The lowest BCUT2D eigenvalue weighted by atomic mass is 10.3. The molecule has 3 N–H and O–H groups in total. The van der Waals surface area contributed by atoms with Crippen LogP contribution in [0.1, 0.15) is 6.42 Å². The van der Waals surface area contributed by atoms with Crippen LogP contribution in [0.5, 0.6) is 0 Å². The summed E-state index contributed by atoms with van der Waals surface area (Å²) in [6.45, 7) is 3.39. The van der Waals surface area contributed by atoms with Crippen molar-refractivity contribution in [3.8, 4) is 0 Å². The topological polar surface area (TPSA) is 67.6 Å². The van der Waals surface area contributed by atoms with E-state index in [-0.39, 0.29) is 37.0 Å². The molecule has 5 nitrogen and oxygen atoms in total. The molecule has 0 spiro atoms. The van der Waals surface area contributed by atoms with Crippen LogP contribution >= 0.6 is 24.8 Å². The molecule has 1 amide bonds. The Morgan fingerprint density at radius 2 is 2.27 bits per heavy atom. The number of rotatable bonds is 2. The van der Waals surface area contributed by atoms with E-state index in [0.29, 0.717) is 12.6 Å². The minimum Gasteiger partial charge on any atom is -0.443 e. The Labute approximate surface area is 102 Å². The zero-order valence-corrected chi connectivity index (χ0v) is 9.98. The van der Waals surface area contributed by atoms with Crippen LogP contribution in [0, 0.1) is 0 Å². The van der Waals surface area contributed by atoms with Crippen molar-refractivity contribution in [2.75, 3.05) is 26.2 Å². The smallest absolute Gasteiger partial charge is 0.407 e. The number of alkyl carbamates (subject to hydrolysis) is 1. The molecule has 0 aliphatic carbocycles. The fourth-order valence-corrected chi connectivity index (χ4v) is 1.85. The van der Waals surface area contributed by atoms with Gasteiger partial charge in [0.15, 0.2) is 0 Å². The molecule has 2 aliphatic rings. The van der Waals surface area contributed by atoms with Gasteiger partial charge in [-0.1, -0.05) is 0 Å². The summed E-state index contributed by atoms with van der Waals surface area (Å²) in [5, 5.41) is 2.64. The fraction of sp³-hybridized carbons (Fsp3) is 0.875. The van der Waals surface area contributed by atoms with E-state index in [4.69, 9.17) is 10.5 Å². The van der Waals surface area contributed by atoms with Gasteiger partial charge in [-0.25, -0.2) is 4.79 Å². The van der Waals surface area contributed by atoms with Crippen LogP contribution in [0.25, 0.3) is 0 Å². The maximum Gasteiger partial charge on any atom is 0.407 e. The molecule has 0 aromatic carbocycles. The summed E-state index contributed by atoms with van der Waals surface area (Å²) in [7, 11) is 0. The van der Waals surface area contributed by atoms with Crippen LogP contribution < -0.4 is 11.1 Å². The summed E-state index contributed by atoms with van der Waals surface area (Å²) in [6, 6.07) is 0.296. The van der Waals surface area contributed by atoms with Gasteiger partial charge in [0.05, 0.1) is 6.54 Å². The quantitative estimate of drug-likeness (QED) is 0.730. The van der Waals surface area contributed by atoms with Crippen LogP contribution in [0.2, 0.25) is 0 Å². The maximum absolute atomic E-state index is 10.7. The number of amides is 1. The van der Waals surface area contributed by atoms with E-state index in [0.717, 1.165) is 26.1 Å². The average Bonchev–Trinajstić information content (AvgIpc) is 2.62. The first kappa shape index (κ1) is 14.8. The van der Waals surface area contributed by atoms with E-state index < -0.39 is 0 Å². The Morgan fingerprint density at radius 3 is 2.73 bits per heavy atom. The molecule has 2 atom stereocenters. The lowest BCUT2D eigenvalue weighted by molar-refractivity contribution is 0.116. The molecule has 2 saturated heterocycles. The molecule has 0 saturated carbocycles. The number of ether oxygens (including phenoxy) is 1. The summed E-state index contributed by atoms with van der Waals surface area (Å²) < 4.78 is 5.03. The van der Waals surface area contributed by atoms with Gasteiger partial charge in [0.2, 0.25) is 0 Å².